The van der Waals surface area contributed by atoms with E-state index in [0.29, 0.717) is 11.4 Å². The largest absolute Gasteiger partial charge is 0.289 e. The number of H-pyrrole nitrogens is 1. The summed E-state index contributed by atoms with van der Waals surface area (Å²) >= 11 is 0. The molecule has 1 N–H and O–H groups in total. The lowest BCUT2D eigenvalue weighted by Crippen LogP contribution is -2.16. The third kappa shape index (κ3) is 1.97. The minimum atomic E-state index is -0.0717. The molecule has 0 amide bonds. The van der Waals surface area contributed by atoms with Gasteiger partial charge in [-0.25, -0.2) is 9.67 Å². The molecule has 0 unspecified atom stereocenters. The van der Waals surface area contributed by atoms with Gasteiger partial charge in [0.05, 0.1) is 5.69 Å². The van der Waals surface area contributed by atoms with Gasteiger partial charge in [-0.3, -0.25) is 9.89 Å². The maximum absolute atomic E-state index is 12.3. The fourth-order valence-corrected chi connectivity index (χ4v) is 2.05. The molecule has 0 radical (unpaired) electrons. The summed E-state index contributed by atoms with van der Waals surface area (Å²) in [5, 5.41) is 3.12. The Balaban J connectivity index is 2.19. The van der Waals surface area contributed by atoms with E-state index in [1.54, 1.807) is 12.3 Å². The summed E-state index contributed by atoms with van der Waals surface area (Å²) in [6.45, 7) is 1.82. The van der Waals surface area contributed by atoms with Crippen LogP contribution in [0.25, 0.3) is 17.1 Å². The maximum atomic E-state index is 12.3. The van der Waals surface area contributed by atoms with E-state index >= 15 is 0 Å². The van der Waals surface area contributed by atoms with Crippen LogP contribution in [-0.4, -0.2) is 14.8 Å². The number of aromatic amines is 1. The fourth-order valence-electron chi connectivity index (χ4n) is 2.05. The standard InChI is InChI=1S/C15H13N3O/c1-11-14(12-7-3-2-4-8-12)17-18(15(11)19)13-9-5-6-10-16-13/h2-10,17H,1H3. The molecule has 4 nitrogen and oxygen atoms in total. The van der Waals surface area contributed by atoms with Gasteiger partial charge in [0, 0.05) is 11.8 Å². The average molecular weight is 251 g/mol. The number of benzene rings is 1. The summed E-state index contributed by atoms with van der Waals surface area (Å²) in [7, 11) is 0. The van der Waals surface area contributed by atoms with Crippen molar-refractivity contribution in [2.75, 3.05) is 0 Å². The van der Waals surface area contributed by atoms with Gasteiger partial charge in [0.25, 0.3) is 5.56 Å². The highest BCUT2D eigenvalue weighted by atomic mass is 16.1. The summed E-state index contributed by atoms with van der Waals surface area (Å²) in [4.78, 5) is 16.4. The van der Waals surface area contributed by atoms with Crippen LogP contribution in [0.4, 0.5) is 0 Å². The van der Waals surface area contributed by atoms with E-state index < -0.39 is 0 Å². The molecule has 3 rings (SSSR count). The normalized spacial score (nSPS) is 10.6. The second kappa shape index (κ2) is 4.57. The molecule has 2 heterocycles. The molecule has 94 valence electrons. The van der Waals surface area contributed by atoms with Crippen molar-refractivity contribution >= 4 is 0 Å². The lowest BCUT2D eigenvalue weighted by Gasteiger charge is -2.00. The van der Waals surface area contributed by atoms with Gasteiger partial charge in [0.1, 0.15) is 0 Å². The maximum Gasteiger partial charge on any atom is 0.276 e. The van der Waals surface area contributed by atoms with Crippen molar-refractivity contribution in [1.82, 2.24) is 14.8 Å². The Morgan fingerprint density at radius 3 is 2.47 bits per heavy atom. The molecule has 3 aromatic rings. The van der Waals surface area contributed by atoms with Crippen molar-refractivity contribution in [3.05, 3.63) is 70.6 Å². The zero-order chi connectivity index (χ0) is 13.2. The molecule has 0 aliphatic carbocycles. The first kappa shape index (κ1) is 11.5. The minimum Gasteiger partial charge on any atom is -0.289 e. The lowest BCUT2D eigenvalue weighted by molar-refractivity contribution is 0.820. The number of pyridine rings is 1. The summed E-state index contributed by atoms with van der Waals surface area (Å²) in [6.07, 6.45) is 1.67. The van der Waals surface area contributed by atoms with Crippen LogP contribution in [-0.2, 0) is 0 Å². The lowest BCUT2D eigenvalue weighted by atomic mass is 10.1. The van der Waals surface area contributed by atoms with Gasteiger partial charge in [0.15, 0.2) is 5.82 Å². The van der Waals surface area contributed by atoms with Crippen LogP contribution >= 0.6 is 0 Å². The first-order valence-electron chi connectivity index (χ1n) is 6.06. The van der Waals surface area contributed by atoms with Crippen LogP contribution in [0.5, 0.6) is 0 Å². The zero-order valence-electron chi connectivity index (χ0n) is 10.5. The molecule has 4 heteroatoms. The van der Waals surface area contributed by atoms with Crippen molar-refractivity contribution < 1.29 is 0 Å². The number of hydrogen-bond donors (Lipinski definition) is 1. The van der Waals surface area contributed by atoms with E-state index in [9.17, 15) is 4.79 Å². The average Bonchev–Trinajstić information content (AvgIpc) is 2.77. The smallest absolute Gasteiger partial charge is 0.276 e. The first-order valence-corrected chi connectivity index (χ1v) is 6.06. The van der Waals surface area contributed by atoms with Crippen molar-refractivity contribution in [1.29, 1.82) is 0 Å². The summed E-state index contributed by atoms with van der Waals surface area (Å²) < 4.78 is 1.47. The SMILES string of the molecule is Cc1c(-c2ccccc2)[nH]n(-c2ccccn2)c1=O. The van der Waals surface area contributed by atoms with E-state index in [0.717, 1.165) is 11.3 Å². The van der Waals surface area contributed by atoms with E-state index in [1.807, 2.05) is 49.4 Å². The van der Waals surface area contributed by atoms with Crippen LogP contribution in [0.1, 0.15) is 5.56 Å². The van der Waals surface area contributed by atoms with Gasteiger partial charge in [0.2, 0.25) is 0 Å². The highest BCUT2D eigenvalue weighted by molar-refractivity contribution is 5.62. The molecule has 0 saturated carbocycles. The van der Waals surface area contributed by atoms with E-state index in [1.165, 1.54) is 4.68 Å². The van der Waals surface area contributed by atoms with Gasteiger partial charge in [-0.05, 0) is 24.6 Å². The molecule has 19 heavy (non-hydrogen) atoms. The highest BCUT2D eigenvalue weighted by Gasteiger charge is 2.12. The fraction of sp³-hybridized carbons (Fsp3) is 0.0667. The Bertz CT molecular complexity index is 742. The number of nitrogens with one attached hydrogen (secondary N) is 1. The second-order valence-electron chi connectivity index (χ2n) is 4.31. The zero-order valence-corrected chi connectivity index (χ0v) is 10.5. The Hall–Kier alpha value is -2.62. The van der Waals surface area contributed by atoms with Crippen molar-refractivity contribution in [2.45, 2.75) is 6.92 Å². The molecule has 0 aliphatic heterocycles. The Morgan fingerprint density at radius 1 is 1.05 bits per heavy atom. The molecule has 0 atom stereocenters. The number of aromatic nitrogens is 3. The Labute approximate surface area is 110 Å². The molecule has 0 bridgehead atoms. The molecule has 1 aromatic carbocycles. The molecule has 0 fully saturated rings. The molecule has 0 aliphatic rings. The van der Waals surface area contributed by atoms with Crippen LogP contribution in [0.2, 0.25) is 0 Å². The molecular weight excluding hydrogens is 238 g/mol. The second-order valence-corrected chi connectivity index (χ2v) is 4.31. The van der Waals surface area contributed by atoms with Crippen LogP contribution in [0.15, 0.2) is 59.5 Å². The Morgan fingerprint density at radius 2 is 1.79 bits per heavy atom. The predicted octanol–water partition coefficient (Wildman–Crippen LogP) is 2.54. The molecule has 0 saturated heterocycles. The summed E-state index contributed by atoms with van der Waals surface area (Å²) in [5.41, 5.74) is 2.44. The van der Waals surface area contributed by atoms with Crippen LogP contribution < -0.4 is 5.56 Å². The Kier molecular flexibility index (Phi) is 2.76. The van der Waals surface area contributed by atoms with Gasteiger partial charge in [-0.2, -0.15) is 0 Å². The third-order valence-electron chi connectivity index (χ3n) is 3.06. The summed E-state index contributed by atoms with van der Waals surface area (Å²) in [6, 6.07) is 15.3. The monoisotopic (exact) mass is 251 g/mol. The molecule has 0 spiro atoms. The van der Waals surface area contributed by atoms with Crippen molar-refractivity contribution in [3.8, 4) is 17.1 Å². The summed E-state index contributed by atoms with van der Waals surface area (Å²) in [5.74, 6) is 0.595. The predicted molar refractivity (Wildman–Crippen MR) is 74.4 cm³/mol. The molecule has 2 aromatic heterocycles. The van der Waals surface area contributed by atoms with E-state index in [4.69, 9.17) is 0 Å². The van der Waals surface area contributed by atoms with Crippen LogP contribution in [0, 0.1) is 6.92 Å². The number of rotatable bonds is 2. The van der Waals surface area contributed by atoms with Crippen molar-refractivity contribution in [3.63, 3.8) is 0 Å². The van der Waals surface area contributed by atoms with Gasteiger partial charge < -0.3 is 0 Å². The molecular formula is C15H13N3O. The van der Waals surface area contributed by atoms with Crippen molar-refractivity contribution in [2.24, 2.45) is 0 Å². The highest BCUT2D eigenvalue weighted by Crippen LogP contribution is 2.19. The van der Waals surface area contributed by atoms with Gasteiger partial charge in [-0.15, -0.1) is 0 Å². The topological polar surface area (TPSA) is 50.7 Å². The first-order chi connectivity index (χ1) is 9.27. The van der Waals surface area contributed by atoms with Gasteiger partial charge >= 0.3 is 0 Å². The van der Waals surface area contributed by atoms with Crippen LogP contribution in [0.3, 0.4) is 0 Å². The minimum absolute atomic E-state index is 0.0717. The third-order valence-corrected chi connectivity index (χ3v) is 3.06. The number of hydrogen-bond acceptors (Lipinski definition) is 2. The quantitative estimate of drug-likeness (QED) is 0.761. The van der Waals surface area contributed by atoms with E-state index in [-0.39, 0.29) is 5.56 Å². The van der Waals surface area contributed by atoms with Gasteiger partial charge in [-0.1, -0.05) is 36.4 Å². The van der Waals surface area contributed by atoms with E-state index in [2.05, 4.69) is 10.1 Å². The number of nitrogens with zero attached hydrogens (tertiary/aromatic N) is 2.